The van der Waals surface area contributed by atoms with Crippen LogP contribution in [0.5, 0.6) is 0 Å². The summed E-state index contributed by atoms with van der Waals surface area (Å²) in [5, 5.41) is 11.3. The van der Waals surface area contributed by atoms with Crippen LogP contribution < -0.4 is 0 Å². The van der Waals surface area contributed by atoms with E-state index in [2.05, 4.69) is 60.7 Å². The molecule has 0 radical (unpaired) electrons. The smallest absolute Gasteiger partial charge is 0.123 e. The van der Waals surface area contributed by atoms with Gasteiger partial charge in [0.25, 0.3) is 0 Å². The first-order valence-corrected chi connectivity index (χ1v) is 9.16. The van der Waals surface area contributed by atoms with Crippen LogP contribution in [0.3, 0.4) is 0 Å². The Morgan fingerprint density at radius 3 is 2.29 bits per heavy atom. The zero-order valence-electron chi connectivity index (χ0n) is 13.5. The quantitative estimate of drug-likeness (QED) is 0.765. The van der Waals surface area contributed by atoms with Gasteiger partial charge in [0.15, 0.2) is 0 Å². The first-order valence-electron chi connectivity index (χ1n) is 8.17. The van der Waals surface area contributed by atoms with Crippen LogP contribution in [-0.2, 0) is 0 Å². The van der Waals surface area contributed by atoms with E-state index < -0.39 is 5.41 Å². The van der Waals surface area contributed by atoms with E-state index in [0.717, 1.165) is 16.5 Å². The molecule has 118 valence electrons. The van der Waals surface area contributed by atoms with Gasteiger partial charge in [-0.3, -0.25) is 0 Å². The Morgan fingerprint density at radius 1 is 1.04 bits per heavy atom. The molecule has 2 nitrogen and oxygen atoms in total. The molecule has 0 spiro atoms. The number of aliphatic imine (C=N–C) groups is 1. The Morgan fingerprint density at radius 2 is 1.67 bits per heavy atom. The van der Waals surface area contributed by atoms with Gasteiger partial charge in [0.1, 0.15) is 5.41 Å². The highest BCUT2D eigenvalue weighted by molar-refractivity contribution is 8.14. The fraction of sp³-hybridized carbons (Fsp3) is 0.238. The van der Waals surface area contributed by atoms with Crippen LogP contribution in [0.15, 0.2) is 77.4 Å². The van der Waals surface area contributed by atoms with E-state index >= 15 is 0 Å². The van der Waals surface area contributed by atoms with Crippen LogP contribution in [0.4, 0.5) is 0 Å². The van der Waals surface area contributed by atoms with Crippen LogP contribution in [0.25, 0.3) is 0 Å². The van der Waals surface area contributed by atoms with E-state index in [9.17, 15) is 5.26 Å². The molecule has 2 aliphatic rings. The number of hydrogen-bond donors (Lipinski definition) is 0. The SMILES string of the molecule is CC1=CC(c2ccccc2)C2(C#N)C(=N1)SCC2c1ccccc1. The summed E-state index contributed by atoms with van der Waals surface area (Å²) >= 11 is 1.74. The van der Waals surface area contributed by atoms with E-state index in [4.69, 9.17) is 4.99 Å². The summed E-state index contributed by atoms with van der Waals surface area (Å²) in [5.41, 5.74) is 2.82. The number of nitrogens with zero attached hydrogens (tertiary/aromatic N) is 2. The van der Waals surface area contributed by atoms with E-state index in [-0.39, 0.29) is 11.8 Å². The van der Waals surface area contributed by atoms with Crippen molar-refractivity contribution in [3.05, 3.63) is 83.6 Å². The third-order valence-corrected chi connectivity index (χ3v) is 6.21. The molecule has 0 bridgehead atoms. The average Bonchev–Trinajstić information content (AvgIpc) is 3.02. The Balaban J connectivity index is 1.90. The van der Waals surface area contributed by atoms with Crippen molar-refractivity contribution in [3.63, 3.8) is 0 Å². The number of fused-ring (bicyclic) bond motifs is 1. The van der Waals surface area contributed by atoms with E-state index in [1.165, 1.54) is 11.1 Å². The summed E-state index contributed by atoms with van der Waals surface area (Å²) in [4.78, 5) is 4.76. The first kappa shape index (κ1) is 15.2. The highest BCUT2D eigenvalue weighted by Crippen LogP contribution is 2.58. The monoisotopic (exact) mass is 330 g/mol. The second-order valence-corrected chi connectivity index (χ2v) is 7.38. The molecule has 2 aromatic rings. The molecule has 24 heavy (non-hydrogen) atoms. The molecular formula is C21H18N2S. The Hall–Kier alpha value is -2.31. The first-order chi connectivity index (χ1) is 11.8. The summed E-state index contributed by atoms with van der Waals surface area (Å²) in [6.45, 7) is 2.03. The summed E-state index contributed by atoms with van der Waals surface area (Å²) in [6.07, 6.45) is 2.17. The Bertz CT molecular complexity index is 848. The minimum Gasteiger partial charge on any atom is -0.250 e. The van der Waals surface area contributed by atoms with E-state index in [0.29, 0.717) is 0 Å². The fourth-order valence-corrected chi connectivity index (χ4v) is 5.41. The van der Waals surface area contributed by atoms with Crippen LogP contribution in [0, 0.1) is 16.7 Å². The van der Waals surface area contributed by atoms with Gasteiger partial charge in [-0.2, -0.15) is 5.26 Å². The number of benzene rings is 2. The zero-order valence-corrected chi connectivity index (χ0v) is 14.3. The van der Waals surface area contributed by atoms with Gasteiger partial charge in [0.05, 0.1) is 11.1 Å². The lowest BCUT2D eigenvalue weighted by Crippen LogP contribution is -2.37. The maximum Gasteiger partial charge on any atom is 0.123 e. The lowest BCUT2D eigenvalue weighted by atomic mass is 9.63. The largest absolute Gasteiger partial charge is 0.250 e. The molecule has 2 aliphatic heterocycles. The van der Waals surface area contributed by atoms with Gasteiger partial charge in [0.2, 0.25) is 0 Å². The van der Waals surface area contributed by atoms with Gasteiger partial charge in [-0.25, -0.2) is 4.99 Å². The van der Waals surface area contributed by atoms with Crippen molar-refractivity contribution in [2.24, 2.45) is 10.4 Å². The third kappa shape index (κ3) is 2.22. The predicted molar refractivity (Wildman–Crippen MR) is 100 cm³/mol. The van der Waals surface area contributed by atoms with Crippen molar-refractivity contribution in [1.29, 1.82) is 5.26 Å². The van der Waals surface area contributed by atoms with Crippen molar-refractivity contribution >= 4 is 16.8 Å². The summed E-state index contributed by atoms with van der Waals surface area (Å²) in [6, 6.07) is 23.5. The molecule has 1 fully saturated rings. The summed E-state index contributed by atoms with van der Waals surface area (Å²) in [7, 11) is 0. The summed E-state index contributed by atoms with van der Waals surface area (Å²) < 4.78 is 0. The fourth-order valence-electron chi connectivity index (χ4n) is 3.87. The Labute approximate surface area is 146 Å². The van der Waals surface area contributed by atoms with E-state index in [1.807, 2.05) is 19.1 Å². The van der Waals surface area contributed by atoms with Crippen LogP contribution in [-0.4, -0.2) is 10.8 Å². The summed E-state index contributed by atoms with van der Waals surface area (Å²) in [5.74, 6) is 1.10. The molecule has 0 amide bonds. The minimum atomic E-state index is -0.604. The molecule has 1 saturated heterocycles. The molecule has 3 unspecified atom stereocenters. The van der Waals surface area contributed by atoms with Crippen LogP contribution in [0.1, 0.15) is 29.9 Å². The standard InChI is InChI=1S/C21H18N2S/c1-15-12-18(16-8-4-2-5-9-16)21(14-22)19(13-24-20(21)23-15)17-10-6-3-7-11-17/h2-12,18-19H,13H2,1H3. The van der Waals surface area contributed by atoms with Crippen LogP contribution >= 0.6 is 11.8 Å². The maximum absolute atomic E-state index is 10.3. The number of hydrogen-bond acceptors (Lipinski definition) is 3. The normalized spacial score (nSPS) is 28.5. The lowest BCUT2D eigenvalue weighted by molar-refractivity contribution is 0.425. The van der Waals surface area contributed by atoms with Crippen molar-refractivity contribution in [2.75, 3.05) is 5.75 Å². The van der Waals surface area contributed by atoms with Gasteiger partial charge in [-0.1, -0.05) is 66.7 Å². The number of allylic oxidation sites excluding steroid dienone is 2. The second-order valence-electron chi connectivity index (χ2n) is 6.37. The van der Waals surface area contributed by atoms with Crippen molar-refractivity contribution in [2.45, 2.75) is 18.8 Å². The lowest BCUT2D eigenvalue weighted by Gasteiger charge is -2.37. The van der Waals surface area contributed by atoms with Crippen molar-refractivity contribution in [1.82, 2.24) is 0 Å². The molecule has 3 atom stereocenters. The topological polar surface area (TPSA) is 36.1 Å². The highest BCUT2D eigenvalue weighted by atomic mass is 32.2. The second kappa shape index (κ2) is 5.96. The number of thioether (sulfide) groups is 1. The van der Waals surface area contributed by atoms with Crippen molar-refractivity contribution in [3.8, 4) is 6.07 Å². The van der Waals surface area contributed by atoms with Gasteiger partial charge in [-0.15, -0.1) is 11.8 Å². The highest BCUT2D eigenvalue weighted by Gasteiger charge is 2.56. The minimum absolute atomic E-state index is 0.0383. The molecule has 4 rings (SSSR count). The third-order valence-electron chi connectivity index (χ3n) is 5.01. The molecular weight excluding hydrogens is 312 g/mol. The molecule has 2 aromatic carbocycles. The molecule has 0 aromatic heterocycles. The van der Waals surface area contributed by atoms with Gasteiger partial charge in [0, 0.05) is 23.3 Å². The zero-order chi connectivity index (χ0) is 16.6. The van der Waals surface area contributed by atoms with Crippen LogP contribution in [0.2, 0.25) is 0 Å². The number of rotatable bonds is 2. The molecule has 2 heterocycles. The molecule has 0 aliphatic carbocycles. The van der Waals surface area contributed by atoms with Gasteiger partial charge >= 0.3 is 0 Å². The Kier molecular flexibility index (Phi) is 3.78. The molecule has 0 N–H and O–H groups in total. The average molecular weight is 330 g/mol. The van der Waals surface area contributed by atoms with E-state index in [1.54, 1.807) is 11.8 Å². The molecule has 3 heteroatoms. The maximum atomic E-state index is 10.3. The van der Waals surface area contributed by atoms with Gasteiger partial charge < -0.3 is 0 Å². The predicted octanol–water partition coefficient (Wildman–Crippen LogP) is 5.13. The molecule has 0 saturated carbocycles. The number of nitriles is 1. The van der Waals surface area contributed by atoms with Gasteiger partial charge in [-0.05, 0) is 18.1 Å². The van der Waals surface area contributed by atoms with Crippen molar-refractivity contribution < 1.29 is 0 Å².